The number of oxazole rings is 1. The molecule has 3 aromatic carbocycles. The summed E-state index contributed by atoms with van der Waals surface area (Å²) < 4.78 is 11.3. The second-order valence-corrected chi connectivity index (χ2v) is 8.44. The zero-order valence-electron chi connectivity index (χ0n) is 18.9. The Labute approximate surface area is 208 Å². The number of hydrogen-bond acceptors (Lipinski definition) is 5. The molecule has 174 valence electrons. The van der Waals surface area contributed by atoms with Crippen LogP contribution in [-0.2, 0) is 12.8 Å². The highest BCUT2D eigenvalue weighted by Gasteiger charge is 2.12. The van der Waals surface area contributed by atoms with Gasteiger partial charge in [-0.2, -0.15) is 0 Å². The summed E-state index contributed by atoms with van der Waals surface area (Å²) >= 11 is 11.4. The molecule has 0 spiro atoms. The van der Waals surface area contributed by atoms with Crippen LogP contribution in [0.25, 0.3) is 11.1 Å². The topological polar surface area (TPSA) is 76.4 Å². The van der Waals surface area contributed by atoms with Gasteiger partial charge in [0.1, 0.15) is 11.3 Å². The van der Waals surface area contributed by atoms with Crippen molar-refractivity contribution in [1.29, 1.82) is 0 Å². The van der Waals surface area contributed by atoms with Crippen molar-refractivity contribution in [2.75, 3.05) is 11.9 Å². The zero-order chi connectivity index (χ0) is 24.1. The van der Waals surface area contributed by atoms with Crippen molar-refractivity contribution in [1.82, 2.24) is 10.3 Å². The van der Waals surface area contributed by atoms with Gasteiger partial charge in [0.2, 0.25) is 0 Å². The van der Waals surface area contributed by atoms with Gasteiger partial charge in [0.05, 0.1) is 11.6 Å². The number of amides is 1. The Morgan fingerprint density at radius 3 is 2.53 bits per heavy atom. The van der Waals surface area contributed by atoms with Crippen molar-refractivity contribution in [3.63, 3.8) is 0 Å². The Bertz CT molecular complexity index is 1340. The maximum Gasteiger partial charge on any atom is 0.257 e. The lowest BCUT2D eigenvalue weighted by molar-refractivity contribution is 0.0977. The van der Waals surface area contributed by atoms with Crippen LogP contribution in [0.15, 0.2) is 65.1 Å². The standard InChI is InChI=1S/C26H24ClN3O3S/c1-3-16-7-11-23-21(13-16)29-24(33-23)14-17-5-9-19(10-6-17)28-26(34)30-25(31)18-8-12-22(32-4-2)20(27)15-18/h5-13,15H,3-4,14H2,1-2H3,(H2,28,30,31,34). The Hall–Kier alpha value is -3.42. The average molecular weight is 494 g/mol. The number of thiocarbonyl (C=S) groups is 1. The third-order valence-electron chi connectivity index (χ3n) is 5.19. The van der Waals surface area contributed by atoms with Crippen LogP contribution in [0.4, 0.5) is 5.69 Å². The van der Waals surface area contributed by atoms with E-state index in [0.29, 0.717) is 35.3 Å². The number of nitrogens with zero attached hydrogens (tertiary/aromatic N) is 1. The lowest BCUT2D eigenvalue weighted by Crippen LogP contribution is -2.34. The van der Waals surface area contributed by atoms with E-state index in [1.807, 2.05) is 37.3 Å². The molecule has 2 N–H and O–H groups in total. The predicted octanol–water partition coefficient (Wildman–Crippen LogP) is 6.16. The summed E-state index contributed by atoms with van der Waals surface area (Å²) in [6.45, 7) is 4.47. The molecule has 0 saturated carbocycles. The molecular formula is C26H24ClN3O3S. The quantitative estimate of drug-likeness (QED) is 0.300. The molecule has 0 bridgehead atoms. The molecule has 1 heterocycles. The maximum atomic E-state index is 12.5. The smallest absolute Gasteiger partial charge is 0.257 e. The van der Waals surface area contributed by atoms with Crippen LogP contribution >= 0.6 is 23.8 Å². The summed E-state index contributed by atoms with van der Waals surface area (Å²) in [6, 6.07) is 18.6. The van der Waals surface area contributed by atoms with E-state index in [1.54, 1.807) is 18.2 Å². The normalized spacial score (nSPS) is 10.8. The van der Waals surface area contributed by atoms with E-state index < -0.39 is 0 Å². The molecule has 1 amide bonds. The van der Waals surface area contributed by atoms with E-state index in [2.05, 4.69) is 34.7 Å². The first-order valence-corrected chi connectivity index (χ1v) is 11.8. The van der Waals surface area contributed by atoms with Crippen LogP contribution in [0, 0.1) is 0 Å². The summed E-state index contributed by atoms with van der Waals surface area (Å²) in [5.41, 5.74) is 5.09. The Kier molecular flexibility index (Phi) is 7.45. The summed E-state index contributed by atoms with van der Waals surface area (Å²) in [5, 5.41) is 6.23. The number of halogens is 1. The van der Waals surface area contributed by atoms with E-state index in [-0.39, 0.29) is 11.0 Å². The third kappa shape index (κ3) is 5.73. The molecule has 0 saturated heterocycles. The minimum Gasteiger partial charge on any atom is -0.492 e. The summed E-state index contributed by atoms with van der Waals surface area (Å²) in [4.78, 5) is 17.1. The number of nitrogens with one attached hydrogen (secondary N) is 2. The van der Waals surface area contributed by atoms with E-state index in [9.17, 15) is 4.79 Å². The second kappa shape index (κ2) is 10.7. The van der Waals surface area contributed by atoms with Crippen LogP contribution in [0.3, 0.4) is 0 Å². The molecule has 0 aliphatic heterocycles. The molecule has 0 radical (unpaired) electrons. The molecule has 4 rings (SSSR count). The summed E-state index contributed by atoms with van der Waals surface area (Å²) in [5.74, 6) is 0.840. The molecule has 4 aromatic rings. The minimum atomic E-state index is -0.360. The molecule has 0 aliphatic rings. The van der Waals surface area contributed by atoms with Gasteiger partial charge in [0.15, 0.2) is 16.6 Å². The van der Waals surface area contributed by atoms with Gasteiger partial charge in [0.25, 0.3) is 5.91 Å². The monoisotopic (exact) mass is 493 g/mol. The van der Waals surface area contributed by atoms with Crippen molar-refractivity contribution in [3.8, 4) is 5.75 Å². The zero-order valence-corrected chi connectivity index (χ0v) is 20.4. The number of ether oxygens (including phenoxy) is 1. The first kappa shape index (κ1) is 23.7. The summed E-state index contributed by atoms with van der Waals surface area (Å²) in [6.07, 6.45) is 1.54. The van der Waals surface area contributed by atoms with Gasteiger partial charge in [-0.25, -0.2) is 4.98 Å². The van der Waals surface area contributed by atoms with Crippen molar-refractivity contribution < 1.29 is 13.9 Å². The number of hydrogen-bond donors (Lipinski definition) is 2. The number of fused-ring (bicyclic) bond motifs is 1. The van der Waals surface area contributed by atoms with Crippen LogP contribution < -0.4 is 15.4 Å². The lowest BCUT2D eigenvalue weighted by Gasteiger charge is -2.11. The van der Waals surface area contributed by atoms with E-state index in [4.69, 9.17) is 33.0 Å². The number of aryl methyl sites for hydroxylation is 1. The van der Waals surface area contributed by atoms with E-state index in [0.717, 1.165) is 28.8 Å². The first-order chi connectivity index (χ1) is 16.4. The van der Waals surface area contributed by atoms with Crippen molar-refractivity contribution in [3.05, 3.63) is 88.3 Å². The Balaban J connectivity index is 1.34. The first-order valence-electron chi connectivity index (χ1n) is 11.0. The van der Waals surface area contributed by atoms with Crippen molar-refractivity contribution in [2.45, 2.75) is 26.7 Å². The number of carbonyl (C=O) groups excluding carboxylic acids is 1. The highest BCUT2D eigenvalue weighted by Crippen LogP contribution is 2.25. The van der Waals surface area contributed by atoms with Gasteiger partial charge in [0, 0.05) is 17.7 Å². The number of anilines is 1. The number of benzene rings is 3. The molecule has 8 heteroatoms. The van der Waals surface area contributed by atoms with Gasteiger partial charge in [-0.3, -0.25) is 10.1 Å². The van der Waals surface area contributed by atoms with Gasteiger partial charge in [-0.1, -0.05) is 36.7 Å². The third-order valence-corrected chi connectivity index (χ3v) is 5.69. The number of carbonyl (C=O) groups is 1. The van der Waals surface area contributed by atoms with Crippen LogP contribution in [-0.4, -0.2) is 22.6 Å². The van der Waals surface area contributed by atoms with Gasteiger partial charge >= 0.3 is 0 Å². The van der Waals surface area contributed by atoms with Crippen molar-refractivity contribution in [2.24, 2.45) is 0 Å². The number of aromatic nitrogens is 1. The molecule has 0 atom stereocenters. The molecule has 1 aromatic heterocycles. The molecule has 6 nitrogen and oxygen atoms in total. The highest BCUT2D eigenvalue weighted by atomic mass is 35.5. The van der Waals surface area contributed by atoms with Gasteiger partial charge in [-0.05, 0) is 79.2 Å². The lowest BCUT2D eigenvalue weighted by atomic mass is 10.1. The fourth-order valence-electron chi connectivity index (χ4n) is 3.45. The highest BCUT2D eigenvalue weighted by molar-refractivity contribution is 7.80. The second-order valence-electron chi connectivity index (χ2n) is 7.62. The molecule has 34 heavy (non-hydrogen) atoms. The maximum absolute atomic E-state index is 12.5. The van der Waals surface area contributed by atoms with E-state index in [1.165, 1.54) is 5.56 Å². The van der Waals surface area contributed by atoms with Gasteiger partial charge in [-0.15, -0.1) is 0 Å². The SMILES string of the molecule is CCOc1ccc(C(=O)NC(=S)Nc2ccc(Cc3nc4cc(CC)ccc4o3)cc2)cc1Cl. The Morgan fingerprint density at radius 1 is 1.06 bits per heavy atom. The largest absolute Gasteiger partial charge is 0.492 e. The Morgan fingerprint density at radius 2 is 1.82 bits per heavy atom. The predicted molar refractivity (Wildman–Crippen MR) is 139 cm³/mol. The van der Waals surface area contributed by atoms with Crippen molar-refractivity contribution >= 4 is 51.6 Å². The van der Waals surface area contributed by atoms with Crippen LogP contribution in [0.1, 0.15) is 41.2 Å². The average Bonchev–Trinajstić information content (AvgIpc) is 3.23. The van der Waals surface area contributed by atoms with Crippen LogP contribution in [0.2, 0.25) is 5.02 Å². The van der Waals surface area contributed by atoms with Gasteiger partial charge < -0.3 is 14.5 Å². The summed E-state index contributed by atoms with van der Waals surface area (Å²) in [7, 11) is 0. The molecule has 0 aliphatic carbocycles. The minimum absolute atomic E-state index is 0.188. The molecular weight excluding hydrogens is 470 g/mol. The number of rotatable bonds is 7. The molecule has 0 fully saturated rings. The fourth-order valence-corrected chi connectivity index (χ4v) is 3.89. The molecule has 0 unspecified atom stereocenters. The van der Waals surface area contributed by atoms with Crippen LogP contribution in [0.5, 0.6) is 5.75 Å². The van der Waals surface area contributed by atoms with E-state index >= 15 is 0 Å². The fraction of sp³-hybridized carbons (Fsp3) is 0.192.